The van der Waals surface area contributed by atoms with Gasteiger partial charge in [0.15, 0.2) is 0 Å². The molecule has 0 radical (unpaired) electrons. The lowest BCUT2D eigenvalue weighted by Gasteiger charge is -2.22. The van der Waals surface area contributed by atoms with Crippen LogP contribution in [0.3, 0.4) is 0 Å². The summed E-state index contributed by atoms with van der Waals surface area (Å²) in [6.45, 7) is 11.0. The van der Waals surface area contributed by atoms with Gasteiger partial charge in [-0.15, -0.1) is 0 Å². The van der Waals surface area contributed by atoms with Crippen molar-refractivity contribution < 1.29 is 43.2 Å². The highest BCUT2D eigenvalue weighted by Crippen LogP contribution is 2.27. The summed E-state index contributed by atoms with van der Waals surface area (Å²) < 4.78 is 108. The number of alkyl halides is 6. The molecule has 0 saturated carbocycles. The molecule has 0 aromatic heterocycles. The van der Waals surface area contributed by atoms with E-state index in [2.05, 4.69) is 25.7 Å². The van der Waals surface area contributed by atoms with Crippen LogP contribution in [0, 0.1) is 0 Å². The summed E-state index contributed by atoms with van der Waals surface area (Å²) in [6, 6.07) is 0. The minimum Gasteiger partial charge on any atom is -0.303 e. The van der Waals surface area contributed by atoms with Gasteiger partial charge >= 0.3 is 31.1 Å². The van der Waals surface area contributed by atoms with Gasteiger partial charge in [0.2, 0.25) is 0 Å². The Hall–Kier alpha value is -0.600. The largest absolute Gasteiger partial charge is 0.512 e. The van der Waals surface area contributed by atoms with Crippen LogP contribution in [0.25, 0.3) is 0 Å². The van der Waals surface area contributed by atoms with Crippen molar-refractivity contribution in [1.29, 1.82) is 0 Å². The van der Waals surface area contributed by atoms with Crippen LogP contribution < -0.4 is 4.13 Å². The Balaban J connectivity index is 0. The van der Waals surface area contributed by atoms with Crippen LogP contribution in [0.4, 0.5) is 26.3 Å². The van der Waals surface area contributed by atoms with Gasteiger partial charge < -0.3 is 4.90 Å². The molecular formula is C38H76F6N2O4S2. The van der Waals surface area contributed by atoms with Crippen molar-refractivity contribution >= 4 is 20.0 Å². The van der Waals surface area contributed by atoms with Gasteiger partial charge in [-0.25, -0.2) is 16.8 Å². The molecule has 0 atom stereocenters. The summed E-state index contributed by atoms with van der Waals surface area (Å²) in [7, 11) is -13.2. The minimum atomic E-state index is -6.60. The number of hydrogen-bond donors (Lipinski definition) is 1. The molecule has 0 heterocycles. The average molecular weight is 803 g/mol. The summed E-state index contributed by atoms with van der Waals surface area (Å²) >= 11 is 0. The van der Waals surface area contributed by atoms with Crippen molar-refractivity contribution in [2.75, 3.05) is 19.6 Å². The molecule has 0 aromatic carbocycles. The zero-order valence-electron chi connectivity index (χ0n) is 33.0. The lowest BCUT2D eigenvalue weighted by molar-refractivity contribution is -0.0476. The molecule has 0 saturated heterocycles. The maximum absolute atomic E-state index is 11.5. The predicted molar refractivity (Wildman–Crippen MR) is 205 cm³/mol. The average Bonchev–Trinajstić information content (AvgIpc) is 3.05. The second-order valence-electron chi connectivity index (χ2n) is 14.4. The quantitative estimate of drug-likeness (QED) is 0.0510. The predicted octanol–water partition coefficient (Wildman–Crippen LogP) is 13.3. The fourth-order valence-electron chi connectivity index (χ4n) is 6.04. The van der Waals surface area contributed by atoms with E-state index in [-0.39, 0.29) is 0 Å². The lowest BCUT2D eigenvalue weighted by Crippen LogP contribution is -2.45. The first-order valence-electron chi connectivity index (χ1n) is 20.7. The van der Waals surface area contributed by atoms with Crippen molar-refractivity contribution in [3.05, 3.63) is 0 Å². The molecule has 6 nitrogen and oxygen atoms in total. The van der Waals surface area contributed by atoms with Gasteiger partial charge in [-0.05, 0) is 38.9 Å². The van der Waals surface area contributed by atoms with Crippen molar-refractivity contribution in [2.45, 2.75) is 224 Å². The third-order valence-electron chi connectivity index (χ3n) is 9.31. The first kappa shape index (κ1) is 53.5. The Kier molecular flexibility index (Phi) is 34.7. The highest BCUT2D eigenvalue weighted by Gasteiger charge is 2.55. The van der Waals surface area contributed by atoms with Crippen molar-refractivity contribution in [3.63, 3.8) is 0 Å². The molecule has 316 valence electrons. The van der Waals surface area contributed by atoms with E-state index >= 15 is 0 Å². The maximum Gasteiger partial charge on any atom is 0.512 e. The van der Waals surface area contributed by atoms with E-state index in [0.29, 0.717) is 0 Å². The fraction of sp³-hybridized carbons (Fsp3) is 1.00. The molecule has 0 aromatic rings. The molecule has 0 fully saturated rings. The molecular weight excluding hydrogens is 727 g/mol. The van der Waals surface area contributed by atoms with Crippen LogP contribution in [-0.2, 0) is 20.0 Å². The van der Waals surface area contributed by atoms with Crippen molar-refractivity contribution in [1.82, 2.24) is 9.03 Å². The van der Waals surface area contributed by atoms with E-state index in [9.17, 15) is 43.2 Å². The second kappa shape index (κ2) is 33.7. The molecule has 0 spiro atoms. The number of unbranched alkanes of at least 4 members (excludes halogenated alkanes) is 27. The monoisotopic (exact) mass is 803 g/mol. The van der Waals surface area contributed by atoms with E-state index < -0.39 is 35.2 Å². The van der Waals surface area contributed by atoms with E-state index in [1.165, 1.54) is 212 Å². The molecule has 52 heavy (non-hydrogen) atoms. The Labute approximate surface area is 315 Å². The number of halogens is 6. The van der Waals surface area contributed by atoms with Gasteiger partial charge in [0.1, 0.15) is 0 Å². The Bertz CT molecular complexity index is 895. The molecule has 0 aliphatic heterocycles. The highest BCUT2D eigenvalue weighted by atomic mass is 32.3. The lowest BCUT2D eigenvalue weighted by atomic mass is 10.1. The normalized spacial score (nSPS) is 12.7. The number of nitrogens with one attached hydrogen (secondary N) is 1. The molecule has 0 rings (SSSR count). The van der Waals surface area contributed by atoms with Crippen LogP contribution >= 0.6 is 0 Å². The zero-order chi connectivity index (χ0) is 39.6. The van der Waals surface area contributed by atoms with Crippen molar-refractivity contribution in [3.8, 4) is 0 Å². The highest BCUT2D eigenvalue weighted by molar-refractivity contribution is 8.05. The number of hydrogen-bond acceptors (Lipinski definition) is 5. The molecule has 0 aliphatic carbocycles. The van der Waals surface area contributed by atoms with Gasteiger partial charge in [-0.3, -0.25) is 0 Å². The molecule has 1 N–H and O–H groups in total. The van der Waals surface area contributed by atoms with Crippen LogP contribution in [0.5, 0.6) is 0 Å². The summed E-state index contributed by atoms with van der Waals surface area (Å²) in [5, 5.41) is 0. The molecule has 0 aliphatic rings. The van der Waals surface area contributed by atoms with Crippen LogP contribution in [0.2, 0.25) is 0 Å². The smallest absolute Gasteiger partial charge is 0.303 e. The molecule has 0 bridgehead atoms. The molecule has 0 amide bonds. The number of sulfonamides is 2. The van der Waals surface area contributed by atoms with E-state index in [4.69, 9.17) is 0 Å². The Morgan fingerprint density at radius 2 is 0.519 bits per heavy atom. The van der Waals surface area contributed by atoms with Gasteiger partial charge in [0.25, 0.3) is 0 Å². The van der Waals surface area contributed by atoms with E-state index in [1.807, 2.05) is 0 Å². The third kappa shape index (κ3) is 32.8. The number of rotatable bonds is 35. The summed E-state index contributed by atoms with van der Waals surface area (Å²) in [4.78, 5) is 2.85. The fourth-order valence-corrected chi connectivity index (χ4v) is 7.95. The SMILES string of the molecule is CCCCCCCCCCCCN(CCCCCCCCCCCC)CCCCCCCCCCCC.O=S(=O)(NS(=O)(=O)C(F)(F)F)C(F)(F)F. The van der Waals surface area contributed by atoms with Gasteiger partial charge in [-0.2, -0.15) is 26.3 Å². The van der Waals surface area contributed by atoms with Crippen molar-refractivity contribution in [2.24, 2.45) is 0 Å². The second-order valence-corrected chi connectivity index (χ2v) is 18.0. The summed E-state index contributed by atoms with van der Waals surface area (Å²) in [6.07, 6.45) is 43.6. The van der Waals surface area contributed by atoms with E-state index in [1.54, 1.807) is 0 Å². The Morgan fingerprint density at radius 1 is 0.346 bits per heavy atom. The number of nitrogens with zero attached hydrogens (tertiary/aromatic N) is 1. The third-order valence-corrected chi connectivity index (χ3v) is 12.3. The first-order chi connectivity index (χ1) is 24.6. The first-order valence-corrected chi connectivity index (χ1v) is 23.7. The minimum absolute atomic E-state index is 0.493. The summed E-state index contributed by atoms with van der Waals surface area (Å²) in [5.74, 6) is 0. The molecule has 0 unspecified atom stereocenters. The van der Waals surface area contributed by atoms with Crippen LogP contribution in [0.15, 0.2) is 0 Å². The van der Waals surface area contributed by atoms with Gasteiger partial charge in [-0.1, -0.05) is 198 Å². The van der Waals surface area contributed by atoms with Gasteiger partial charge in [0.05, 0.1) is 0 Å². The summed E-state index contributed by atoms with van der Waals surface area (Å²) in [5.41, 5.74) is -12.3. The van der Waals surface area contributed by atoms with Crippen LogP contribution in [0.1, 0.15) is 213 Å². The van der Waals surface area contributed by atoms with Crippen LogP contribution in [-0.4, -0.2) is 52.4 Å². The van der Waals surface area contributed by atoms with E-state index in [0.717, 1.165) is 0 Å². The maximum atomic E-state index is 11.5. The molecule has 14 heteroatoms. The Morgan fingerprint density at radius 3 is 0.692 bits per heavy atom. The topological polar surface area (TPSA) is 83.6 Å². The van der Waals surface area contributed by atoms with Gasteiger partial charge in [0, 0.05) is 0 Å². The standard InChI is InChI=1S/C36H75N.C2HF6NO4S2/c1-4-7-10-13-16-19-22-25-28-31-34-37(35-32-29-26-23-20-17-14-11-8-5-2)36-33-30-27-24-21-18-15-12-9-6-3;3-1(4,5)14(10,11)9-15(12,13)2(6,7)8/h4-36H2,1-3H3;9H. The zero-order valence-corrected chi connectivity index (χ0v) is 34.6.